The number of rotatable bonds is 10. The molecular formula is C45H60O14. The van der Waals surface area contributed by atoms with Gasteiger partial charge >= 0.3 is 17.9 Å². The molecule has 0 radical (unpaired) electrons. The first-order valence-electron chi connectivity index (χ1n) is 19.0. The molecule has 4 rings (SSSR count). The van der Waals surface area contributed by atoms with E-state index in [-0.39, 0.29) is 49.6 Å². The zero-order valence-electron chi connectivity index (χ0n) is 35.6. The van der Waals surface area contributed by atoms with Gasteiger partial charge in [-0.05, 0) is 99.8 Å². The van der Waals surface area contributed by atoms with Crippen molar-refractivity contribution in [2.24, 2.45) is 16.2 Å². The predicted molar refractivity (Wildman–Crippen MR) is 219 cm³/mol. The van der Waals surface area contributed by atoms with Crippen molar-refractivity contribution in [2.75, 3.05) is 13.2 Å². The normalized spacial score (nSPS) is 33.6. The lowest BCUT2D eigenvalue weighted by atomic mass is 9.59. The van der Waals surface area contributed by atoms with E-state index in [1.54, 1.807) is 72.8 Å². The van der Waals surface area contributed by atoms with Gasteiger partial charge in [0.1, 0.15) is 28.2 Å². The van der Waals surface area contributed by atoms with E-state index in [9.17, 15) is 49.2 Å². The van der Waals surface area contributed by atoms with E-state index in [2.05, 4.69) is 0 Å². The SMILES string of the molecule is CC(=C/C(=O)O)/C=C/[C@]1(O)[C@@]2(C)CO[C@@]1(C)CC(=O)C2.CC1=CC(=O)CC(C)(C)[C@@]1(O)/C=C/C(C)=C\C(=O)O.CC1=CC(=O)C[C@](C)(CO)[C@@]1(O)/C=C/C(C)=C\C(=O)O. The fourth-order valence-corrected chi connectivity index (χ4v) is 8.06. The third-order valence-corrected chi connectivity index (χ3v) is 11.8. The van der Waals surface area contributed by atoms with Gasteiger partial charge in [0.05, 0.1) is 13.2 Å². The van der Waals surface area contributed by atoms with E-state index in [4.69, 9.17) is 20.1 Å². The number of carboxylic acid groups (broad SMARTS) is 3. The molecule has 1 saturated carbocycles. The maximum absolute atomic E-state index is 11.8. The van der Waals surface area contributed by atoms with Crippen molar-refractivity contribution in [3.63, 3.8) is 0 Å². The number of hydrogen-bond donors (Lipinski definition) is 7. The molecule has 7 N–H and O–H groups in total. The zero-order chi connectivity index (χ0) is 45.6. The van der Waals surface area contributed by atoms with E-state index in [1.807, 2.05) is 20.8 Å². The number of ether oxygens (including phenoxy) is 1. The third-order valence-electron chi connectivity index (χ3n) is 11.8. The van der Waals surface area contributed by atoms with Crippen molar-refractivity contribution in [3.8, 4) is 0 Å². The molecule has 0 aromatic heterocycles. The Hall–Kier alpha value is -4.86. The second-order valence-corrected chi connectivity index (χ2v) is 17.5. The molecule has 4 aliphatic rings. The summed E-state index contributed by atoms with van der Waals surface area (Å²) in [5, 5.41) is 68.2. The maximum atomic E-state index is 11.8. The van der Waals surface area contributed by atoms with Crippen LogP contribution in [0.2, 0.25) is 0 Å². The van der Waals surface area contributed by atoms with Crippen LogP contribution in [0.3, 0.4) is 0 Å². The molecule has 1 saturated heterocycles. The van der Waals surface area contributed by atoms with Gasteiger partial charge < -0.3 is 40.5 Å². The standard InChI is InChI=1S/2C15H20O5.C15H20O4/c1-10(6-12(17)18)4-5-15(19)13(2)7-11(16)8-14(15,3)20-9-13;1-10(6-13(18)19)4-5-15(20)11(2)7-12(17)8-14(15,3)9-16;1-10(7-13(17)18)5-6-15(19)11(2)8-12(16)9-14(15,3)4/h4-6,19H,7-9H2,1-3H3,(H,17,18);4-7,16,20H,8-9H2,1-3H3,(H,18,19);5-8,19H,9H2,1-4H3,(H,17,18)/b2*5-4+,10-6-;6-5+,10-7-/t13-,14+,15+;14-,15-;15-/m111/s1. The van der Waals surface area contributed by atoms with E-state index in [0.717, 1.165) is 18.2 Å². The first-order valence-corrected chi connectivity index (χ1v) is 19.0. The zero-order valence-corrected chi connectivity index (χ0v) is 35.6. The van der Waals surface area contributed by atoms with Crippen LogP contribution < -0.4 is 0 Å². The monoisotopic (exact) mass is 824 g/mol. The van der Waals surface area contributed by atoms with Gasteiger partial charge in [-0.3, -0.25) is 14.4 Å². The number of ketones is 3. The molecule has 0 aromatic carbocycles. The second kappa shape index (κ2) is 18.6. The number of carbonyl (C=O) groups is 6. The van der Waals surface area contributed by atoms with Crippen molar-refractivity contribution in [3.05, 3.63) is 94.7 Å². The van der Waals surface area contributed by atoms with Gasteiger partial charge in [0.15, 0.2) is 11.6 Å². The Labute approximate surface area is 345 Å². The Morgan fingerprint density at radius 1 is 0.644 bits per heavy atom. The Kier molecular flexibility index (Phi) is 15.8. The lowest BCUT2D eigenvalue weighted by molar-refractivity contribution is -0.151. The van der Waals surface area contributed by atoms with Gasteiger partial charge in [0, 0.05) is 60.2 Å². The largest absolute Gasteiger partial charge is 0.478 e. The molecule has 2 fully saturated rings. The number of fused-ring (bicyclic) bond motifs is 2. The smallest absolute Gasteiger partial charge is 0.328 e. The fourth-order valence-electron chi connectivity index (χ4n) is 8.06. The van der Waals surface area contributed by atoms with Gasteiger partial charge in [-0.15, -0.1) is 0 Å². The van der Waals surface area contributed by atoms with Crippen molar-refractivity contribution >= 4 is 35.3 Å². The summed E-state index contributed by atoms with van der Waals surface area (Å²) in [4.78, 5) is 66.7. The van der Waals surface area contributed by atoms with Crippen LogP contribution in [0.5, 0.6) is 0 Å². The number of Topliss-reactive ketones (excluding diaryl/α,β-unsaturated/α-hetero) is 1. The highest BCUT2D eigenvalue weighted by Gasteiger charge is 2.67. The van der Waals surface area contributed by atoms with Crippen LogP contribution in [-0.4, -0.2) is 107 Å². The highest BCUT2D eigenvalue weighted by Crippen LogP contribution is 2.56. The van der Waals surface area contributed by atoms with Gasteiger partial charge in [-0.2, -0.15) is 0 Å². The van der Waals surface area contributed by atoms with Crippen LogP contribution in [0, 0.1) is 16.2 Å². The Bertz CT molecular complexity index is 1950. The van der Waals surface area contributed by atoms with E-state index < -0.39 is 56.6 Å². The summed E-state index contributed by atoms with van der Waals surface area (Å²) in [5.41, 5.74) is -4.75. The minimum atomic E-state index is -1.48. The summed E-state index contributed by atoms with van der Waals surface area (Å²) >= 11 is 0. The van der Waals surface area contributed by atoms with Crippen LogP contribution in [-0.2, 0) is 33.5 Å². The Morgan fingerprint density at radius 2 is 1.05 bits per heavy atom. The maximum Gasteiger partial charge on any atom is 0.328 e. The van der Waals surface area contributed by atoms with Gasteiger partial charge in [0.25, 0.3) is 0 Å². The molecule has 0 aromatic rings. The van der Waals surface area contributed by atoms with Crippen molar-refractivity contribution in [1.29, 1.82) is 0 Å². The second-order valence-electron chi connectivity index (χ2n) is 17.5. The summed E-state index contributed by atoms with van der Waals surface area (Å²) < 4.78 is 5.71. The molecule has 2 bridgehead atoms. The number of carboxylic acids is 3. The lowest BCUT2D eigenvalue weighted by Crippen LogP contribution is -2.60. The highest BCUT2D eigenvalue weighted by atomic mass is 16.5. The summed E-state index contributed by atoms with van der Waals surface area (Å²) in [7, 11) is 0. The number of aliphatic hydroxyl groups excluding tert-OH is 1. The van der Waals surface area contributed by atoms with E-state index in [0.29, 0.717) is 34.5 Å². The topological polar surface area (TPSA) is 253 Å². The van der Waals surface area contributed by atoms with Crippen LogP contribution in [0.1, 0.15) is 94.9 Å². The van der Waals surface area contributed by atoms with Crippen LogP contribution in [0.15, 0.2) is 94.7 Å². The van der Waals surface area contributed by atoms with Gasteiger partial charge in [0.2, 0.25) is 0 Å². The number of allylic oxidation sites excluding steroid dienone is 8. The number of aliphatic hydroxyl groups is 4. The molecule has 0 amide bonds. The highest BCUT2D eigenvalue weighted by molar-refractivity contribution is 5.93. The quantitative estimate of drug-likeness (QED) is 0.114. The molecule has 324 valence electrons. The van der Waals surface area contributed by atoms with Crippen molar-refractivity contribution < 1.29 is 69.2 Å². The number of hydrogen-bond acceptors (Lipinski definition) is 11. The van der Waals surface area contributed by atoms with Crippen molar-refractivity contribution in [1.82, 2.24) is 0 Å². The molecule has 0 unspecified atom stereocenters. The molecule has 14 heteroatoms. The number of aliphatic carboxylic acids is 3. The molecular weight excluding hydrogens is 764 g/mol. The molecule has 59 heavy (non-hydrogen) atoms. The molecule has 14 nitrogen and oxygen atoms in total. The fraction of sp³-hybridized carbons (Fsp3) is 0.511. The molecule has 0 spiro atoms. The van der Waals surface area contributed by atoms with Crippen LogP contribution in [0.25, 0.3) is 0 Å². The predicted octanol–water partition coefficient (Wildman–Crippen LogP) is 4.93. The van der Waals surface area contributed by atoms with E-state index >= 15 is 0 Å². The van der Waals surface area contributed by atoms with Crippen molar-refractivity contribution in [2.45, 2.75) is 117 Å². The average Bonchev–Trinajstić information content (AvgIpc) is 3.17. The Morgan fingerprint density at radius 3 is 1.46 bits per heavy atom. The first kappa shape index (κ1) is 50.3. The summed E-state index contributed by atoms with van der Waals surface area (Å²) in [6.07, 6.45) is 15.9. The minimum absolute atomic E-state index is 0.00150. The third kappa shape index (κ3) is 11.3. The number of carbonyl (C=O) groups excluding carboxylic acids is 3. The van der Waals surface area contributed by atoms with Gasteiger partial charge in [-0.25, -0.2) is 14.4 Å². The molecule has 6 atom stereocenters. The molecule has 1 aliphatic heterocycles. The van der Waals surface area contributed by atoms with E-state index in [1.165, 1.54) is 24.3 Å². The first-order chi connectivity index (χ1) is 26.8. The average molecular weight is 825 g/mol. The lowest BCUT2D eigenvalue weighted by Gasteiger charge is -2.47. The Balaban J connectivity index is 0.000000305. The van der Waals surface area contributed by atoms with Crippen LogP contribution >= 0.6 is 0 Å². The summed E-state index contributed by atoms with van der Waals surface area (Å²) in [6.45, 7) is 17.0. The molecule has 3 aliphatic carbocycles. The molecule has 1 heterocycles. The van der Waals surface area contributed by atoms with Crippen LogP contribution in [0.4, 0.5) is 0 Å². The summed E-state index contributed by atoms with van der Waals surface area (Å²) in [5.74, 6) is -3.19. The summed E-state index contributed by atoms with van der Waals surface area (Å²) in [6, 6.07) is 0. The van der Waals surface area contributed by atoms with Gasteiger partial charge in [-0.1, -0.05) is 45.9 Å². The minimum Gasteiger partial charge on any atom is -0.478 e.